The molecule has 0 aromatic carbocycles. The zero-order chi connectivity index (χ0) is 37.3. The molecule has 9 heteroatoms. The summed E-state index contributed by atoms with van der Waals surface area (Å²) in [4.78, 5) is 57.3. The third-order valence-electron chi connectivity index (χ3n) is 12.8. The van der Waals surface area contributed by atoms with E-state index >= 15 is 0 Å². The topological polar surface area (TPSA) is 147 Å². The van der Waals surface area contributed by atoms with Gasteiger partial charge in [0.25, 0.3) is 0 Å². The molecule has 1 saturated carbocycles. The second-order valence-electron chi connectivity index (χ2n) is 17.5. The van der Waals surface area contributed by atoms with Crippen molar-refractivity contribution >= 4 is 23.3 Å². The van der Waals surface area contributed by atoms with Crippen LogP contribution in [0.2, 0.25) is 0 Å². The number of rotatable bonds is 2. The van der Waals surface area contributed by atoms with E-state index in [2.05, 4.69) is 0 Å². The van der Waals surface area contributed by atoms with Crippen molar-refractivity contribution < 1.29 is 44.0 Å². The normalized spacial score (nSPS) is 41.6. The minimum Gasteiger partial charge on any atom is -0.469 e. The van der Waals surface area contributed by atoms with Crippen LogP contribution in [0.25, 0.3) is 0 Å². The highest BCUT2D eigenvalue weighted by atomic mass is 16.5. The molecule has 9 nitrogen and oxygen atoms in total. The van der Waals surface area contributed by atoms with Gasteiger partial charge in [-0.05, 0) is 83.6 Å². The van der Waals surface area contributed by atoms with Gasteiger partial charge in [-0.1, -0.05) is 57.8 Å². The molecule has 0 radical (unpaired) electrons. The van der Waals surface area contributed by atoms with E-state index in [0.29, 0.717) is 19.3 Å². The van der Waals surface area contributed by atoms with Crippen molar-refractivity contribution in [1.29, 1.82) is 0 Å². The summed E-state index contributed by atoms with van der Waals surface area (Å²) in [5.41, 5.74) is -1.59. The molecule has 0 aromatic rings. The smallest absolute Gasteiger partial charge is 0.313 e. The van der Waals surface area contributed by atoms with Crippen LogP contribution in [0.15, 0.2) is 22.8 Å². The van der Waals surface area contributed by atoms with Crippen molar-refractivity contribution in [3.63, 3.8) is 0 Å². The van der Waals surface area contributed by atoms with Gasteiger partial charge in [-0.2, -0.15) is 0 Å². The van der Waals surface area contributed by atoms with Crippen molar-refractivity contribution in [1.82, 2.24) is 0 Å². The fourth-order valence-electron chi connectivity index (χ4n) is 9.53. The van der Waals surface area contributed by atoms with Crippen LogP contribution in [-0.4, -0.2) is 75.3 Å². The lowest BCUT2D eigenvalue weighted by molar-refractivity contribution is -0.165. The summed E-state index contributed by atoms with van der Waals surface area (Å²) in [6, 6.07) is 0. The quantitative estimate of drug-likeness (QED) is 0.225. The number of ether oxygens (including phenoxy) is 2. The first-order valence-electron chi connectivity index (χ1n) is 19.1. The van der Waals surface area contributed by atoms with Crippen molar-refractivity contribution in [3.05, 3.63) is 22.8 Å². The van der Waals surface area contributed by atoms with Gasteiger partial charge in [-0.15, -0.1) is 0 Å². The Hall–Kier alpha value is -2.20. The van der Waals surface area contributed by atoms with E-state index in [1.165, 1.54) is 7.11 Å². The molecule has 3 N–H and O–H groups in total. The van der Waals surface area contributed by atoms with Crippen molar-refractivity contribution in [2.75, 3.05) is 7.11 Å². The number of ketones is 3. The minimum atomic E-state index is -1.51. The summed E-state index contributed by atoms with van der Waals surface area (Å²) < 4.78 is 12.2. The Morgan fingerprint density at radius 2 is 1.62 bits per heavy atom. The van der Waals surface area contributed by atoms with Crippen LogP contribution in [0.1, 0.15) is 132 Å². The highest BCUT2D eigenvalue weighted by Gasteiger charge is 2.59. The number of esters is 1. The molecule has 0 amide bonds. The highest BCUT2D eigenvalue weighted by Crippen LogP contribution is 2.56. The summed E-state index contributed by atoms with van der Waals surface area (Å²) in [6.07, 6.45) is 3.76. The molecule has 0 spiro atoms. The first-order valence-corrected chi connectivity index (χ1v) is 19.1. The standard InChI is InChI=1S/C41H64O9/c1-23(2)28-19-30(42)26(5)12-10-11-24(3)18-31(43)37-29-17-25(4)13-14-34(45)39(7,47)16-15-35-40(8,48)22-33(50-35)36(29)27(6)20-41(37,21-32(28)44)38(46)49-9/h17,23-24,26,28-29,33-35,37,45,47-48H,10-16,18-22H2,1-9H3. The molecular formula is C41H64O9. The van der Waals surface area contributed by atoms with Crippen molar-refractivity contribution in [2.24, 2.45) is 40.9 Å². The molecule has 2 bridgehead atoms. The molecule has 4 rings (SSSR count). The van der Waals surface area contributed by atoms with Crippen molar-refractivity contribution in [3.8, 4) is 0 Å². The van der Waals surface area contributed by atoms with Crippen LogP contribution in [0.5, 0.6) is 0 Å². The average molecular weight is 701 g/mol. The van der Waals surface area contributed by atoms with Gasteiger partial charge in [0.1, 0.15) is 17.3 Å². The van der Waals surface area contributed by atoms with E-state index in [1.807, 2.05) is 47.6 Å². The maximum absolute atomic E-state index is 15.0. The number of fused-ring (bicyclic) bond motifs is 6. The van der Waals surface area contributed by atoms with E-state index in [1.54, 1.807) is 13.8 Å². The Morgan fingerprint density at radius 1 is 0.940 bits per heavy atom. The molecule has 2 aliphatic carbocycles. The van der Waals surface area contributed by atoms with Gasteiger partial charge in [-0.25, -0.2) is 0 Å². The molecule has 50 heavy (non-hydrogen) atoms. The van der Waals surface area contributed by atoms with Gasteiger partial charge in [0.05, 0.1) is 42.0 Å². The lowest BCUT2D eigenvalue weighted by Crippen LogP contribution is -2.53. The second kappa shape index (κ2) is 15.8. The Morgan fingerprint density at radius 3 is 2.26 bits per heavy atom. The summed E-state index contributed by atoms with van der Waals surface area (Å²) in [6.45, 7) is 15.0. The van der Waals surface area contributed by atoms with Crippen LogP contribution in [0.3, 0.4) is 0 Å². The van der Waals surface area contributed by atoms with E-state index in [-0.39, 0.29) is 80.0 Å². The molecule has 2 aliphatic heterocycles. The summed E-state index contributed by atoms with van der Waals surface area (Å²) in [5.74, 6) is -3.41. The maximum Gasteiger partial charge on any atom is 0.313 e. The Labute approximate surface area is 299 Å². The Kier molecular flexibility index (Phi) is 12.8. The molecule has 2 heterocycles. The number of carbonyl (C=O) groups excluding carboxylic acids is 4. The Bertz CT molecular complexity index is 1360. The van der Waals surface area contributed by atoms with Crippen LogP contribution < -0.4 is 0 Å². The zero-order valence-corrected chi connectivity index (χ0v) is 32.0. The van der Waals surface area contributed by atoms with Gasteiger partial charge >= 0.3 is 5.97 Å². The van der Waals surface area contributed by atoms with Crippen LogP contribution >= 0.6 is 0 Å². The van der Waals surface area contributed by atoms with Gasteiger partial charge in [0.2, 0.25) is 0 Å². The van der Waals surface area contributed by atoms with E-state index in [0.717, 1.165) is 29.6 Å². The number of hydrogen-bond donors (Lipinski definition) is 3. The maximum atomic E-state index is 15.0. The minimum absolute atomic E-state index is 0.0114. The molecule has 0 aromatic heterocycles. The molecule has 1 saturated heterocycles. The lowest BCUT2D eigenvalue weighted by atomic mass is 9.54. The summed E-state index contributed by atoms with van der Waals surface area (Å²) in [7, 11) is 1.30. The van der Waals surface area contributed by atoms with E-state index < -0.39 is 58.7 Å². The SMILES string of the molecule is COC(=O)C12CC(=O)C(C(C)C)CC(=O)C(C)CCCC(C)CC(=O)C1C1C=C(C)CCC(O)C(C)(O)CCC3OC(CC3(C)O)C1=C(C)C2. The van der Waals surface area contributed by atoms with Gasteiger partial charge in [0, 0.05) is 49.4 Å². The third kappa shape index (κ3) is 8.53. The van der Waals surface area contributed by atoms with E-state index in [9.17, 15) is 34.5 Å². The molecule has 282 valence electrons. The number of methoxy groups -OCH3 is 1. The molecule has 11 atom stereocenters. The first kappa shape index (κ1) is 40.6. The second-order valence-corrected chi connectivity index (χ2v) is 17.5. The summed E-state index contributed by atoms with van der Waals surface area (Å²) in [5, 5.41) is 33.9. The lowest BCUT2D eigenvalue weighted by Gasteiger charge is -2.47. The molecular weight excluding hydrogens is 636 g/mol. The highest BCUT2D eigenvalue weighted by molar-refractivity contribution is 5.96. The van der Waals surface area contributed by atoms with Gasteiger partial charge < -0.3 is 24.8 Å². The molecule has 4 aliphatic rings. The van der Waals surface area contributed by atoms with Gasteiger partial charge in [-0.3, -0.25) is 19.2 Å². The predicted molar refractivity (Wildman–Crippen MR) is 191 cm³/mol. The predicted octanol–water partition coefficient (Wildman–Crippen LogP) is 6.25. The van der Waals surface area contributed by atoms with Crippen LogP contribution in [0, 0.1) is 40.9 Å². The summed E-state index contributed by atoms with van der Waals surface area (Å²) >= 11 is 0. The number of aliphatic hydroxyl groups excluding tert-OH is 1. The van der Waals surface area contributed by atoms with Crippen LogP contribution in [0.4, 0.5) is 0 Å². The van der Waals surface area contributed by atoms with Crippen molar-refractivity contribution in [2.45, 2.75) is 162 Å². The molecule has 2 fully saturated rings. The number of hydrogen-bond acceptors (Lipinski definition) is 9. The largest absolute Gasteiger partial charge is 0.469 e. The number of aliphatic hydroxyl groups is 3. The molecule has 11 unspecified atom stereocenters. The number of allylic oxidation sites excluding steroid dienone is 3. The average Bonchev–Trinajstić information content (AvgIpc) is 3.32. The number of carbonyl (C=O) groups is 4. The fraction of sp³-hybridized carbons (Fsp3) is 0.805. The monoisotopic (exact) mass is 700 g/mol. The van der Waals surface area contributed by atoms with Gasteiger partial charge in [0.15, 0.2) is 0 Å². The zero-order valence-electron chi connectivity index (χ0n) is 32.0. The van der Waals surface area contributed by atoms with E-state index in [4.69, 9.17) is 9.47 Å². The number of Topliss-reactive ketones (excluding diaryl/α,β-unsaturated/α-hetero) is 3. The fourth-order valence-corrected chi connectivity index (χ4v) is 9.53. The Balaban J connectivity index is 1.97. The third-order valence-corrected chi connectivity index (χ3v) is 12.8. The van der Waals surface area contributed by atoms with Crippen LogP contribution in [-0.2, 0) is 28.7 Å². The first-order chi connectivity index (χ1) is 23.2.